The first-order valence-corrected chi connectivity index (χ1v) is 4.03. The van der Waals surface area contributed by atoms with Gasteiger partial charge in [-0.1, -0.05) is 18.2 Å². The lowest BCUT2D eigenvalue weighted by molar-refractivity contribution is 1.52. The van der Waals surface area contributed by atoms with Crippen molar-refractivity contribution in [3.63, 3.8) is 0 Å². The number of hydrogen-bond acceptors (Lipinski definition) is 2. The Balaban J connectivity index is 2.81. The fourth-order valence-electron chi connectivity index (χ4n) is 0.967. The summed E-state index contributed by atoms with van der Waals surface area (Å²) in [6.07, 6.45) is 0. The zero-order valence-electron chi connectivity index (χ0n) is 5.66. The van der Waals surface area contributed by atoms with Crippen LogP contribution in [0.15, 0.2) is 24.3 Å². The molecule has 0 spiro atoms. The molecule has 1 heterocycles. The maximum absolute atomic E-state index is 8.57. The van der Waals surface area contributed by atoms with Gasteiger partial charge in [-0.15, -0.1) is 11.3 Å². The highest BCUT2D eigenvalue weighted by molar-refractivity contribution is 7.19. The van der Waals surface area contributed by atoms with Crippen molar-refractivity contribution < 1.29 is 0 Å². The van der Waals surface area contributed by atoms with E-state index in [-0.39, 0.29) is 0 Å². The third-order valence-electron chi connectivity index (χ3n) is 1.45. The van der Waals surface area contributed by atoms with Gasteiger partial charge >= 0.3 is 0 Å². The number of fused-ring (bicyclic) bond motifs is 1. The normalized spacial score (nSPS) is 9.73. The standard InChI is InChI=1S/C9H4NS/c10-6-8-5-7-3-1-2-4-9(7)11-8/h1-4H. The van der Waals surface area contributed by atoms with Crippen molar-refractivity contribution in [2.24, 2.45) is 0 Å². The predicted molar refractivity (Wildman–Crippen MR) is 45.4 cm³/mol. The van der Waals surface area contributed by atoms with Gasteiger partial charge in [0.2, 0.25) is 0 Å². The van der Waals surface area contributed by atoms with E-state index in [1.165, 1.54) is 11.3 Å². The quantitative estimate of drug-likeness (QED) is 0.578. The van der Waals surface area contributed by atoms with Crippen LogP contribution < -0.4 is 0 Å². The Bertz CT molecular complexity index is 389. The topological polar surface area (TPSA) is 23.8 Å². The number of nitriles is 1. The summed E-state index contributed by atoms with van der Waals surface area (Å²) in [6.45, 7) is 0. The van der Waals surface area contributed by atoms with Crippen LogP contribution in [0.5, 0.6) is 0 Å². The second-order valence-corrected chi connectivity index (χ2v) is 3.22. The number of hydrogen-bond donors (Lipinski definition) is 0. The minimum atomic E-state index is 0.659. The Kier molecular flexibility index (Phi) is 1.38. The molecule has 0 aliphatic rings. The fourth-order valence-corrected chi connectivity index (χ4v) is 1.77. The number of thiophene rings is 1. The van der Waals surface area contributed by atoms with Crippen molar-refractivity contribution in [3.05, 3.63) is 35.2 Å². The van der Waals surface area contributed by atoms with Gasteiger partial charge in [-0.3, -0.25) is 0 Å². The van der Waals surface area contributed by atoms with Crippen LogP contribution in [0.3, 0.4) is 0 Å². The summed E-state index contributed by atoms with van der Waals surface area (Å²) in [6, 6.07) is 13.0. The molecule has 2 heteroatoms. The third-order valence-corrected chi connectivity index (χ3v) is 2.42. The minimum Gasteiger partial charge on any atom is -0.192 e. The molecule has 0 aliphatic carbocycles. The highest BCUT2D eigenvalue weighted by Crippen LogP contribution is 2.23. The van der Waals surface area contributed by atoms with Crippen LogP contribution in [-0.4, -0.2) is 0 Å². The molecule has 0 fully saturated rings. The van der Waals surface area contributed by atoms with Gasteiger partial charge in [-0.25, -0.2) is 0 Å². The van der Waals surface area contributed by atoms with Crippen molar-refractivity contribution in [2.45, 2.75) is 0 Å². The van der Waals surface area contributed by atoms with E-state index in [9.17, 15) is 0 Å². The molecule has 51 valence electrons. The number of benzene rings is 1. The Morgan fingerprint density at radius 2 is 2.18 bits per heavy atom. The van der Waals surface area contributed by atoms with E-state index in [2.05, 4.69) is 12.1 Å². The molecule has 0 aliphatic heterocycles. The van der Waals surface area contributed by atoms with Crippen LogP contribution in [0.1, 0.15) is 4.88 Å². The number of rotatable bonds is 0. The summed E-state index contributed by atoms with van der Waals surface area (Å²) in [7, 11) is 0. The average Bonchev–Trinajstić information content (AvgIpc) is 2.46. The van der Waals surface area contributed by atoms with E-state index in [1.54, 1.807) is 0 Å². The molecule has 0 saturated heterocycles. The highest BCUT2D eigenvalue weighted by Gasteiger charge is 1.98. The molecular formula is C9H4NS. The van der Waals surface area contributed by atoms with E-state index < -0.39 is 0 Å². The second-order valence-electron chi connectivity index (χ2n) is 2.16. The van der Waals surface area contributed by atoms with Gasteiger partial charge in [0, 0.05) is 16.2 Å². The van der Waals surface area contributed by atoms with E-state index >= 15 is 0 Å². The molecule has 0 N–H and O–H groups in total. The van der Waals surface area contributed by atoms with Crippen LogP contribution in [-0.2, 0) is 0 Å². The molecule has 1 nitrogen and oxygen atoms in total. The predicted octanol–water partition coefficient (Wildman–Crippen LogP) is 2.57. The molecule has 11 heavy (non-hydrogen) atoms. The monoisotopic (exact) mass is 158 g/mol. The zero-order valence-corrected chi connectivity index (χ0v) is 6.48. The van der Waals surface area contributed by atoms with Crippen LogP contribution in [0.25, 0.3) is 10.1 Å². The van der Waals surface area contributed by atoms with Gasteiger partial charge < -0.3 is 0 Å². The number of nitrogens with zero attached hydrogens (tertiary/aromatic N) is 1. The Hall–Kier alpha value is -1.33. The fraction of sp³-hybridized carbons (Fsp3) is 0. The lowest BCUT2D eigenvalue weighted by Gasteiger charge is -1.81. The van der Waals surface area contributed by atoms with Crippen LogP contribution >= 0.6 is 11.3 Å². The first-order valence-electron chi connectivity index (χ1n) is 3.21. The zero-order chi connectivity index (χ0) is 7.68. The summed E-state index contributed by atoms with van der Waals surface area (Å²) < 4.78 is 1.13. The summed E-state index contributed by atoms with van der Waals surface area (Å²) >= 11 is 1.48. The molecule has 1 radical (unpaired) electrons. The smallest absolute Gasteiger partial charge is 0.113 e. The lowest BCUT2D eigenvalue weighted by atomic mass is 10.2. The van der Waals surface area contributed by atoms with Crippen molar-refractivity contribution in [1.82, 2.24) is 0 Å². The SMILES string of the molecule is N#Cc1[c]c2ccccc2s1. The first-order chi connectivity index (χ1) is 5.40. The molecule has 0 saturated carbocycles. The summed E-state index contributed by atoms with van der Waals surface area (Å²) in [4.78, 5) is 0.659. The van der Waals surface area contributed by atoms with Gasteiger partial charge in [0.25, 0.3) is 0 Å². The molecule has 1 aromatic carbocycles. The Labute approximate surface area is 68.5 Å². The van der Waals surface area contributed by atoms with Gasteiger partial charge in [0.15, 0.2) is 0 Å². The van der Waals surface area contributed by atoms with Crippen LogP contribution in [0, 0.1) is 17.4 Å². The van der Waals surface area contributed by atoms with Crippen LogP contribution in [0.4, 0.5) is 0 Å². The Morgan fingerprint density at radius 1 is 1.36 bits per heavy atom. The molecular weight excluding hydrogens is 154 g/mol. The van der Waals surface area contributed by atoms with E-state index in [0.717, 1.165) is 10.1 Å². The molecule has 0 amide bonds. The van der Waals surface area contributed by atoms with E-state index in [0.29, 0.717) is 4.88 Å². The second kappa shape index (κ2) is 2.37. The third kappa shape index (κ3) is 0.997. The molecule has 2 aromatic rings. The van der Waals surface area contributed by atoms with Crippen molar-refractivity contribution in [1.29, 1.82) is 5.26 Å². The maximum Gasteiger partial charge on any atom is 0.113 e. The average molecular weight is 158 g/mol. The summed E-state index contributed by atoms with van der Waals surface area (Å²) in [5.74, 6) is 0. The molecule has 2 rings (SSSR count). The van der Waals surface area contributed by atoms with Gasteiger partial charge in [0.05, 0.1) is 0 Å². The van der Waals surface area contributed by atoms with Crippen LogP contribution in [0.2, 0.25) is 0 Å². The molecule has 1 aromatic heterocycles. The summed E-state index contributed by atoms with van der Waals surface area (Å²) in [5, 5.41) is 9.60. The highest BCUT2D eigenvalue weighted by atomic mass is 32.1. The van der Waals surface area contributed by atoms with Gasteiger partial charge in [0.1, 0.15) is 10.9 Å². The Morgan fingerprint density at radius 3 is 2.91 bits per heavy atom. The van der Waals surface area contributed by atoms with Crippen molar-refractivity contribution in [3.8, 4) is 6.07 Å². The van der Waals surface area contributed by atoms with Crippen molar-refractivity contribution >= 4 is 21.4 Å². The molecule has 0 atom stereocenters. The van der Waals surface area contributed by atoms with Gasteiger partial charge in [-0.05, 0) is 6.07 Å². The molecule has 0 unspecified atom stereocenters. The summed E-state index contributed by atoms with van der Waals surface area (Å²) in [5.41, 5.74) is 0. The molecule has 0 bridgehead atoms. The van der Waals surface area contributed by atoms with E-state index in [4.69, 9.17) is 5.26 Å². The minimum absolute atomic E-state index is 0.659. The lowest BCUT2D eigenvalue weighted by Crippen LogP contribution is -1.58. The first kappa shape index (κ1) is 6.38. The van der Waals surface area contributed by atoms with Gasteiger partial charge in [-0.2, -0.15) is 5.26 Å². The largest absolute Gasteiger partial charge is 0.192 e. The van der Waals surface area contributed by atoms with Crippen molar-refractivity contribution in [2.75, 3.05) is 0 Å². The maximum atomic E-state index is 8.57. The van der Waals surface area contributed by atoms with E-state index in [1.807, 2.05) is 24.3 Å².